The summed E-state index contributed by atoms with van der Waals surface area (Å²) in [6.45, 7) is 0. The molecule has 5 heteroatoms. The van der Waals surface area contributed by atoms with Crippen LogP contribution in [-0.2, 0) is 0 Å². The van der Waals surface area contributed by atoms with Crippen molar-refractivity contribution in [1.82, 2.24) is 15.0 Å². The molecule has 0 aliphatic heterocycles. The highest BCUT2D eigenvalue weighted by atomic mass is 32.1. The molecule has 0 radical (unpaired) electrons. The van der Waals surface area contributed by atoms with Gasteiger partial charge >= 0.3 is 0 Å². The number of nitrogens with zero attached hydrogens (tertiary/aromatic N) is 3. The van der Waals surface area contributed by atoms with Crippen LogP contribution < -0.4 is 0 Å². The lowest BCUT2D eigenvalue weighted by molar-refractivity contribution is 0.672. The Labute approximate surface area is 362 Å². The van der Waals surface area contributed by atoms with Gasteiger partial charge in [0, 0.05) is 53.0 Å². The summed E-state index contributed by atoms with van der Waals surface area (Å²) in [5, 5.41) is 1.79. The minimum Gasteiger partial charge on any atom is -0.455 e. The zero-order valence-corrected chi connectivity index (χ0v) is 32.3. The summed E-state index contributed by atoms with van der Waals surface area (Å²) in [5.74, 6) is 0.373. The van der Waals surface area contributed by atoms with Crippen LogP contribution in [0.4, 0.5) is 0 Å². The Hall–Kier alpha value is -7.73. The maximum absolute atomic E-state index is 9.98. The number of fused-ring (bicyclic) bond motifs is 8. The third-order valence-electron chi connectivity index (χ3n) is 10.9. The van der Waals surface area contributed by atoms with Gasteiger partial charge in [0.05, 0.1) is 12.3 Å². The summed E-state index contributed by atoms with van der Waals surface area (Å²) in [6.07, 6.45) is 0. The van der Waals surface area contributed by atoms with Crippen LogP contribution in [0.15, 0.2) is 204 Å². The van der Waals surface area contributed by atoms with E-state index >= 15 is 0 Å². The Bertz CT molecular complexity index is 4070. The molecule has 9 aromatic carbocycles. The highest BCUT2D eigenvalue weighted by Crippen LogP contribution is 2.43. The van der Waals surface area contributed by atoms with Gasteiger partial charge in [-0.15, -0.1) is 11.3 Å². The number of thiophene rings is 1. The van der Waals surface area contributed by atoms with Gasteiger partial charge in [-0.1, -0.05) is 158 Å². The number of hydrogen-bond donors (Lipinski definition) is 0. The first-order chi connectivity index (χ1) is 33.5. The zero-order chi connectivity index (χ0) is 47.4. The molecule has 3 aromatic heterocycles. The molecule has 0 fully saturated rings. The maximum atomic E-state index is 9.98. The zero-order valence-electron chi connectivity index (χ0n) is 40.5. The van der Waals surface area contributed by atoms with Gasteiger partial charge in [-0.3, -0.25) is 0 Å². The number of furan rings is 1. The van der Waals surface area contributed by atoms with E-state index in [1.54, 1.807) is 11.3 Å². The van der Waals surface area contributed by atoms with Crippen LogP contribution >= 0.6 is 11.3 Å². The van der Waals surface area contributed by atoms with Crippen LogP contribution in [0.2, 0.25) is 0 Å². The molecule has 0 bridgehead atoms. The molecule has 280 valence electrons. The van der Waals surface area contributed by atoms with Crippen molar-refractivity contribution in [2.75, 3.05) is 0 Å². The molecule has 0 amide bonds. The first-order valence-corrected chi connectivity index (χ1v) is 20.2. The molecule has 0 unspecified atom stereocenters. The van der Waals surface area contributed by atoms with Crippen LogP contribution in [0.3, 0.4) is 0 Å². The number of benzene rings is 9. The molecule has 4 nitrogen and oxygen atoms in total. The van der Waals surface area contributed by atoms with Crippen LogP contribution in [0.1, 0.15) is 12.3 Å². The van der Waals surface area contributed by atoms with E-state index in [0.29, 0.717) is 11.1 Å². The second-order valence-corrected chi connectivity index (χ2v) is 15.5. The average Bonchev–Trinajstić information content (AvgIpc) is 3.99. The van der Waals surface area contributed by atoms with Gasteiger partial charge in [0.15, 0.2) is 17.5 Å². The standard InChI is InChI=1S/C55H33N3OS/c1-4-15-34(16-5-1)38-29-39(35-17-6-2-7-18-35)31-40(30-38)54-56-53(37-27-28-45-50(32-37)60-49-26-14-24-41(51(45)49)36-19-8-3-9-20-36)57-55(58-54)47-33-46-43-22-12-13-25-48(43)59-52(46)44-23-11-10-21-42(44)47/h1-33H/i10D,11D,12D,13D,21D,22D,23D,25D,33D. The van der Waals surface area contributed by atoms with E-state index in [1.165, 1.54) is 0 Å². The maximum Gasteiger partial charge on any atom is 0.164 e. The second kappa shape index (κ2) is 14.0. The fourth-order valence-electron chi connectivity index (χ4n) is 8.06. The number of rotatable bonds is 6. The summed E-state index contributed by atoms with van der Waals surface area (Å²) in [6, 6.07) is 44.0. The summed E-state index contributed by atoms with van der Waals surface area (Å²) >= 11 is 1.64. The minimum atomic E-state index is -0.562. The van der Waals surface area contributed by atoms with Crippen molar-refractivity contribution in [2.45, 2.75) is 0 Å². The smallest absolute Gasteiger partial charge is 0.164 e. The van der Waals surface area contributed by atoms with Crippen molar-refractivity contribution in [3.63, 3.8) is 0 Å². The first kappa shape index (κ1) is 26.3. The number of para-hydroxylation sites is 1. The van der Waals surface area contributed by atoms with Crippen molar-refractivity contribution in [2.24, 2.45) is 0 Å². The van der Waals surface area contributed by atoms with E-state index < -0.39 is 48.3 Å². The minimum absolute atomic E-state index is 0.0635. The van der Waals surface area contributed by atoms with Crippen molar-refractivity contribution < 1.29 is 16.8 Å². The number of aromatic nitrogens is 3. The first-order valence-electron chi connectivity index (χ1n) is 23.9. The normalized spacial score (nSPS) is 13.8. The Morgan fingerprint density at radius 2 is 1.00 bits per heavy atom. The average molecular weight is 793 g/mol. The lowest BCUT2D eigenvalue weighted by Gasteiger charge is -2.13. The molecule has 0 spiro atoms. The second-order valence-electron chi connectivity index (χ2n) is 14.5. The van der Waals surface area contributed by atoms with Gasteiger partial charge in [0.1, 0.15) is 11.2 Å². The fraction of sp³-hybridized carbons (Fsp3) is 0. The van der Waals surface area contributed by atoms with Gasteiger partial charge < -0.3 is 4.42 Å². The summed E-state index contributed by atoms with van der Waals surface area (Å²) in [5.41, 5.74) is 6.62. The highest BCUT2D eigenvalue weighted by Gasteiger charge is 2.20. The molecule has 0 saturated heterocycles. The molecule has 0 atom stereocenters. The van der Waals surface area contributed by atoms with Gasteiger partial charge in [-0.2, -0.15) is 0 Å². The molecule has 0 aliphatic rings. The fourth-order valence-corrected chi connectivity index (χ4v) is 9.23. The Morgan fingerprint density at radius 1 is 0.400 bits per heavy atom. The van der Waals surface area contributed by atoms with Gasteiger partial charge in [-0.25, -0.2) is 15.0 Å². The van der Waals surface area contributed by atoms with Gasteiger partial charge in [0.25, 0.3) is 0 Å². The van der Waals surface area contributed by atoms with Crippen LogP contribution in [0, 0.1) is 0 Å². The van der Waals surface area contributed by atoms with E-state index in [2.05, 4.69) is 42.5 Å². The molecular weight excluding hydrogens is 751 g/mol. The molecule has 0 N–H and O–H groups in total. The largest absolute Gasteiger partial charge is 0.455 e. The van der Waals surface area contributed by atoms with E-state index in [4.69, 9.17) is 27.6 Å². The lowest BCUT2D eigenvalue weighted by atomic mass is 9.95. The summed E-state index contributed by atoms with van der Waals surface area (Å²) in [7, 11) is 0. The molecule has 0 saturated carbocycles. The monoisotopic (exact) mass is 792 g/mol. The van der Waals surface area contributed by atoms with Crippen LogP contribution in [0.25, 0.3) is 120 Å². The van der Waals surface area contributed by atoms with Crippen LogP contribution in [0.5, 0.6) is 0 Å². The molecular formula is C55H33N3OS. The van der Waals surface area contributed by atoms with Crippen molar-refractivity contribution in [3.8, 4) is 67.5 Å². The predicted molar refractivity (Wildman–Crippen MR) is 250 cm³/mol. The van der Waals surface area contributed by atoms with Crippen molar-refractivity contribution >= 4 is 64.2 Å². The number of hydrogen-bond acceptors (Lipinski definition) is 5. The van der Waals surface area contributed by atoms with Crippen molar-refractivity contribution in [1.29, 1.82) is 0 Å². The summed E-state index contributed by atoms with van der Waals surface area (Å²) in [4.78, 5) is 15.4. The van der Waals surface area contributed by atoms with E-state index in [9.17, 15) is 4.11 Å². The molecule has 3 heterocycles. The van der Waals surface area contributed by atoms with Crippen molar-refractivity contribution in [3.05, 3.63) is 200 Å². The Kier molecular flexibility index (Phi) is 6.13. The molecule has 12 rings (SSSR count). The van der Waals surface area contributed by atoms with Gasteiger partial charge in [0.2, 0.25) is 0 Å². The third kappa shape index (κ3) is 5.78. The van der Waals surface area contributed by atoms with Crippen LogP contribution in [-0.4, -0.2) is 15.0 Å². The summed E-state index contributed by atoms with van der Waals surface area (Å²) < 4.78 is 89.1. The van der Waals surface area contributed by atoms with E-state index in [-0.39, 0.29) is 61.8 Å². The quantitative estimate of drug-likeness (QED) is 0.168. The highest BCUT2D eigenvalue weighted by molar-refractivity contribution is 7.26. The third-order valence-corrected chi connectivity index (χ3v) is 12.0. The predicted octanol–water partition coefficient (Wildman–Crippen LogP) is 15.3. The van der Waals surface area contributed by atoms with E-state index in [1.807, 2.05) is 103 Å². The lowest BCUT2D eigenvalue weighted by Crippen LogP contribution is -2.01. The molecule has 60 heavy (non-hydrogen) atoms. The SMILES string of the molecule is [2H]c1c([2H])c([2H])c2c(oc3c4c([2H])c([2H])c([2H])c([2H])c4c(-c4nc(-c5cc(-c6ccccc6)cc(-c6ccccc6)c5)nc(-c5ccc6c(c5)sc5cccc(-c7ccccc7)c56)n4)c([2H])c32)c1[2H]. The molecule has 12 aromatic rings. The Balaban J connectivity index is 1.19. The van der Waals surface area contributed by atoms with E-state index in [0.717, 1.165) is 53.6 Å². The van der Waals surface area contributed by atoms with Gasteiger partial charge in [-0.05, 0) is 81.2 Å². The topological polar surface area (TPSA) is 51.8 Å². The Morgan fingerprint density at radius 3 is 1.72 bits per heavy atom. The molecule has 0 aliphatic carbocycles.